The maximum Gasteiger partial charge on any atom is 0.302 e. The summed E-state index contributed by atoms with van der Waals surface area (Å²) in [5.41, 5.74) is 4.65. The molecule has 10 heteroatoms. The van der Waals surface area contributed by atoms with Crippen molar-refractivity contribution < 1.29 is 38.1 Å². The van der Waals surface area contributed by atoms with Crippen molar-refractivity contribution in [2.45, 2.75) is 54.1 Å². The molecule has 3 rings (SSSR count). The molecule has 3 aromatic rings. The van der Waals surface area contributed by atoms with E-state index in [-0.39, 0.29) is 26.4 Å². The molecule has 0 saturated carbocycles. The molecule has 2 aromatic carbocycles. The highest BCUT2D eigenvalue weighted by Gasteiger charge is 2.14. The lowest BCUT2D eigenvalue weighted by Crippen LogP contribution is -2.07. The zero-order chi connectivity index (χ0) is 24.8. The van der Waals surface area contributed by atoms with Crippen LogP contribution in [0.15, 0.2) is 24.3 Å². The number of rotatable bonds is 8. The third-order valence-corrected chi connectivity index (χ3v) is 4.80. The average Bonchev–Trinajstić information content (AvgIpc) is 2.76. The van der Waals surface area contributed by atoms with E-state index in [9.17, 15) is 19.2 Å². The first kappa shape index (κ1) is 24.6. The number of esters is 4. The van der Waals surface area contributed by atoms with Gasteiger partial charge in [0, 0.05) is 27.7 Å². The standard InChI is InChI=1S/C24H24N2O8/c1-13(27)31-9-17-5-21-22(6-18(17)10-32-14(2)28)26-24-8-20(12-34-16(4)30)19(7-23(24)25-21)11-33-15(3)29/h5-8H,9-12H2,1-4H3. The molecular weight excluding hydrogens is 444 g/mol. The summed E-state index contributed by atoms with van der Waals surface area (Å²) >= 11 is 0. The van der Waals surface area contributed by atoms with Crippen LogP contribution in [0.1, 0.15) is 49.9 Å². The minimum atomic E-state index is -0.446. The Kier molecular flexibility index (Phi) is 7.72. The monoisotopic (exact) mass is 468 g/mol. The maximum atomic E-state index is 11.3. The number of carbonyl (C=O) groups is 4. The van der Waals surface area contributed by atoms with Crippen LogP contribution in [0.4, 0.5) is 0 Å². The van der Waals surface area contributed by atoms with Crippen LogP contribution in [0.25, 0.3) is 22.1 Å². The van der Waals surface area contributed by atoms with Gasteiger partial charge in [0.15, 0.2) is 0 Å². The van der Waals surface area contributed by atoms with Crippen molar-refractivity contribution in [1.82, 2.24) is 9.97 Å². The largest absolute Gasteiger partial charge is 0.461 e. The van der Waals surface area contributed by atoms with Gasteiger partial charge >= 0.3 is 23.9 Å². The smallest absolute Gasteiger partial charge is 0.302 e. The second-order valence-corrected chi connectivity index (χ2v) is 7.56. The fourth-order valence-electron chi connectivity index (χ4n) is 3.20. The molecule has 0 spiro atoms. The lowest BCUT2D eigenvalue weighted by atomic mass is 10.0. The SMILES string of the molecule is CC(=O)OCc1cc2nc3cc(COC(C)=O)c(COC(C)=O)cc3nc2cc1COC(C)=O. The molecule has 0 fully saturated rings. The summed E-state index contributed by atoms with van der Waals surface area (Å²) in [5, 5.41) is 0. The van der Waals surface area contributed by atoms with Gasteiger partial charge in [0.05, 0.1) is 22.1 Å². The first-order valence-electron chi connectivity index (χ1n) is 10.4. The van der Waals surface area contributed by atoms with E-state index in [4.69, 9.17) is 18.9 Å². The second-order valence-electron chi connectivity index (χ2n) is 7.56. The van der Waals surface area contributed by atoms with Crippen molar-refractivity contribution in [3.63, 3.8) is 0 Å². The van der Waals surface area contributed by atoms with Gasteiger partial charge in [-0.25, -0.2) is 9.97 Å². The van der Waals surface area contributed by atoms with Crippen LogP contribution < -0.4 is 0 Å². The summed E-state index contributed by atoms with van der Waals surface area (Å²) in [6.07, 6.45) is 0. The number of ether oxygens (including phenoxy) is 4. The van der Waals surface area contributed by atoms with Crippen molar-refractivity contribution in [1.29, 1.82) is 0 Å². The average molecular weight is 468 g/mol. The van der Waals surface area contributed by atoms with Crippen molar-refractivity contribution in [3.05, 3.63) is 46.5 Å². The van der Waals surface area contributed by atoms with Crippen molar-refractivity contribution >= 4 is 45.9 Å². The molecule has 1 heterocycles. The van der Waals surface area contributed by atoms with Gasteiger partial charge in [-0.2, -0.15) is 0 Å². The van der Waals surface area contributed by atoms with Crippen LogP contribution in [0.3, 0.4) is 0 Å². The van der Waals surface area contributed by atoms with Gasteiger partial charge in [-0.3, -0.25) is 19.2 Å². The molecule has 0 radical (unpaired) electrons. The fourth-order valence-corrected chi connectivity index (χ4v) is 3.20. The molecule has 178 valence electrons. The summed E-state index contributed by atoms with van der Waals surface area (Å²) < 4.78 is 20.5. The Hall–Kier alpha value is -4.08. The number of hydrogen-bond acceptors (Lipinski definition) is 10. The molecule has 34 heavy (non-hydrogen) atoms. The second kappa shape index (κ2) is 10.7. The van der Waals surface area contributed by atoms with Gasteiger partial charge in [-0.15, -0.1) is 0 Å². The first-order valence-corrected chi connectivity index (χ1v) is 10.4. The van der Waals surface area contributed by atoms with Crippen LogP contribution >= 0.6 is 0 Å². The lowest BCUT2D eigenvalue weighted by molar-refractivity contribution is -0.143. The summed E-state index contributed by atoms with van der Waals surface area (Å²) in [6.45, 7) is 5.16. The number of carbonyl (C=O) groups excluding carboxylic acids is 4. The van der Waals surface area contributed by atoms with E-state index in [0.717, 1.165) is 0 Å². The zero-order valence-electron chi connectivity index (χ0n) is 19.3. The van der Waals surface area contributed by atoms with Gasteiger partial charge in [-0.05, 0) is 46.5 Å². The highest BCUT2D eigenvalue weighted by Crippen LogP contribution is 2.25. The topological polar surface area (TPSA) is 131 Å². The van der Waals surface area contributed by atoms with Gasteiger partial charge in [0.25, 0.3) is 0 Å². The predicted molar refractivity (Wildman–Crippen MR) is 119 cm³/mol. The van der Waals surface area contributed by atoms with E-state index < -0.39 is 23.9 Å². The maximum absolute atomic E-state index is 11.3. The van der Waals surface area contributed by atoms with E-state index in [2.05, 4.69) is 9.97 Å². The Bertz CT molecular complexity index is 1090. The normalized spacial score (nSPS) is 10.7. The summed E-state index contributed by atoms with van der Waals surface area (Å²) in [4.78, 5) is 54.6. The van der Waals surface area contributed by atoms with Gasteiger partial charge in [-0.1, -0.05) is 0 Å². The zero-order valence-corrected chi connectivity index (χ0v) is 19.3. The molecule has 10 nitrogen and oxygen atoms in total. The number of benzene rings is 2. The van der Waals surface area contributed by atoms with Crippen molar-refractivity contribution in [2.24, 2.45) is 0 Å². The Morgan fingerprint density at radius 3 is 0.882 bits per heavy atom. The minimum Gasteiger partial charge on any atom is -0.461 e. The fraction of sp³-hybridized carbons (Fsp3) is 0.333. The van der Waals surface area contributed by atoms with E-state index in [0.29, 0.717) is 44.3 Å². The van der Waals surface area contributed by atoms with Crippen LogP contribution in [0.2, 0.25) is 0 Å². The van der Waals surface area contributed by atoms with Crippen LogP contribution in [0, 0.1) is 0 Å². The van der Waals surface area contributed by atoms with Gasteiger partial charge in [0.1, 0.15) is 26.4 Å². The molecule has 0 atom stereocenters. The van der Waals surface area contributed by atoms with Crippen molar-refractivity contribution in [2.75, 3.05) is 0 Å². The Labute approximate surface area is 195 Å². The Balaban J connectivity index is 2.10. The van der Waals surface area contributed by atoms with E-state index in [1.165, 1.54) is 27.7 Å². The molecule has 0 unspecified atom stereocenters. The summed E-state index contributed by atoms with van der Waals surface area (Å²) in [6, 6.07) is 6.90. The highest BCUT2D eigenvalue weighted by atomic mass is 16.5. The quantitative estimate of drug-likeness (QED) is 0.276. The summed E-state index contributed by atoms with van der Waals surface area (Å²) in [5.74, 6) is -1.78. The molecule has 0 bridgehead atoms. The van der Waals surface area contributed by atoms with Crippen LogP contribution in [-0.2, 0) is 64.6 Å². The molecule has 0 aliphatic heterocycles. The third-order valence-electron chi connectivity index (χ3n) is 4.80. The minimum absolute atomic E-state index is 0.0133. The highest BCUT2D eigenvalue weighted by molar-refractivity contribution is 5.88. The van der Waals surface area contributed by atoms with Gasteiger partial charge < -0.3 is 18.9 Å². The Morgan fingerprint density at radius 1 is 0.500 bits per heavy atom. The van der Waals surface area contributed by atoms with E-state index in [1.807, 2.05) is 0 Å². The van der Waals surface area contributed by atoms with E-state index in [1.54, 1.807) is 24.3 Å². The molecule has 0 aliphatic rings. The lowest BCUT2D eigenvalue weighted by Gasteiger charge is -2.14. The molecule has 0 aliphatic carbocycles. The molecular formula is C24H24N2O8. The molecule has 0 saturated heterocycles. The first-order chi connectivity index (χ1) is 16.1. The third kappa shape index (κ3) is 6.47. The number of hydrogen-bond donors (Lipinski definition) is 0. The molecule has 1 aromatic heterocycles. The van der Waals surface area contributed by atoms with Crippen LogP contribution in [0.5, 0.6) is 0 Å². The summed E-state index contributed by atoms with van der Waals surface area (Å²) in [7, 11) is 0. The number of fused-ring (bicyclic) bond motifs is 2. The number of aromatic nitrogens is 2. The van der Waals surface area contributed by atoms with Gasteiger partial charge in [0.2, 0.25) is 0 Å². The Morgan fingerprint density at radius 2 is 0.706 bits per heavy atom. The molecule has 0 amide bonds. The van der Waals surface area contributed by atoms with E-state index >= 15 is 0 Å². The van der Waals surface area contributed by atoms with Crippen molar-refractivity contribution in [3.8, 4) is 0 Å². The predicted octanol–water partition coefficient (Wildman–Crippen LogP) is 3.04. The van der Waals surface area contributed by atoms with Crippen LogP contribution in [-0.4, -0.2) is 33.8 Å². The number of nitrogens with zero attached hydrogens (tertiary/aromatic N) is 2. The molecule has 0 N–H and O–H groups in total.